The van der Waals surface area contributed by atoms with Crippen molar-refractivity contribution in [2.75, 3.05) is 45.3 Å². The number of carbonyl (C=O) groups excluding carboxylic acids is 3. The fraction of sp³-hybridized carbons (Fsp3) is 0.381. The van der Waals surface area contributed by atoms with E-state index >= 15 is 0 Å². The van der Waals surface area contributed by atoms with Gasteiger partial charge < -0.3 is 19.6 Å². The van der Waals surface area contributed by atoms with Crippen molar-refractivity contribution >= 4 is 34.1 Å². The Kier molecular flexibility index (Phi) is 5.48. The number of β-amino-alcohol motifs (C(OH)–C–C–N with tert-alkyl or cyclic N) is 1. The molecule has 0 bridgehead atoms. The van der Waals surface area contributed by atoms with Gasteiger partial charge in [0, 0.05) is 30.6 Å². The lowest BCUT2D eigenvalue weighted by molar-refractivity contribution is -0.119. The number of nitrogens with zero attached hydrogens (tertiary/aromatic N) is 3. The summed E-state index contributed by atoms with van der Waals surface area (Å²) in [6.45, 7) is 0.813. The number of aliphatic hydroxyl groups is 1. The first kappa shape index (κ1) is 20.4. The first-order chi connectivity index (χ1) is 14.4. The van der Waals surface area contributed by atoms with Gasteiger partial charge in [-0.25, -0.2) is 0 Å². The Bertz CT molecular complexity index is 1000. The van der Waals surface area contributed by atoms with Gasteiger partial charge in [0.2, 0.25) is 5.91 Å². The number of benzene rings is 1. The van der Waals surface area contributed by atoms with Crippen molar-refractivity contribution in [2.24, 2.45) is 0 Å². The molecule has 0 unspecified atom stereocenters. The fourth-order valence-electron chi connectivity index (χ4n) is 3.88. The highest BCUT2D eigenvalue weighted by Gasteiger charge is 2.37. The molecule has 9 heteroatoms. The smallest absolute Gasteiger partial charge is 0.257 e. The minimum atomic E-state index is -0.219. The number of anilines is 1. The Morgan fingerprint density at radius 1 is 1.20 bits per heavy atom. The number of fused-ring (bicyclic) bond motifs is 3. The van der Waals surface area contributed by atoms with Crippen LogP contribution in [0.4, 0.5) is 5.00 Å². The zero-order valence-corrected chi connectivity index (χ0v) is 17.7. The molecule has 0 fully saturated rings. The topological polar surface area (TPSA) is 90.4 Å². The quantitative estimate of drug-likeness (QED) is 0.793. The van der Waals surface area contributed by atoms with Crippen molar-refractivity contribution < 1.29 is 24.2 Å². The van der Waals surface area contributed by atoms with E-state index in [9.17, 15) is 19.5 Å². The van der Waals surface area contributed by atoms with E-state index in [1.54, 1.807) is 43.3 Å². The number of rotatable bonds is 4. The van der Waals surface area contributed by atoms with Gasteiger partial charge in [-0.3, -0.25) is 19.3 Å². The van der Waals surface area contributed by atoms with Gasteiger partial charge in [0.25, 0.3) is 11.8 Å². The average Bonchev–Trinajstić information content (AvgIpc) is 3.10. The van der Waals surface area contributed by atoms with E-state index in [1.165, 1.54) is 21.1 Å². The van der Waals surface area contributed by atoms with Crippen molar-refractivity contribution in [2.45, 2.75) is 13.0 Å². The van der Waals surface area contributed by atoms with Crippen LogP contribution >= 0.6 is 11.3 Å². The Morgan fingerprint density at radius 2 is 1.93 bits per heavy atom. The lowest BCUT2D eigenvalue weighted by Gasteiger charge is -2.27. The van der Waals surface area contributed by atoms with E-state index in [2.05, 4.69) is 0 Å². The van der Waals surface area contributed by atoms with Gasteiger partial charge in [0.05, 0.1) is 25.8 Å². The van der Waals surface area contributed by atoms with Gasteiger partial charge in [0.1, 0.15) is 17.3 Å². The van der Waals surface area contributed by atoms with E-state index < -0.39 is 0 Å². The van der Waals surface area contributed by atoms with Gasteiger partial charge in [0.15, 0.2) is 0 Å². The number of likely N-dealkylation sites (N-methyl/N-ethyl adjacent to an activating group) is 1. The predicted molar refractivity (Wildman–Crippen MR) is 112 cm³/mol. The fourth-order valence-corrected chi connectivity index (χ4v) is 5.28. The third kappa shape index (κ3) is 3.44. The Labute approximate surface area is 178 Å². The SMILES string of the molecule is COc1ccc(C(=O)N2CCc3c(sc4c3C(=O)N(C)CC(=O)N4CCO)C2)cc1. The molecule has 0 saturated carbocycles. The first-order valence-electron chi connectivity index (χ1n) is 9.69. The molecule has 4 rings (SSSR count). The standard InChI is InChI=1S/C21H23N3O5S/c1-22-12-17(26)24(9-10-25)21-18(20(22)28)15-7-8-23(11-16(15)30-21)19(27)13-3-5-14(29-2)6-4-13/h3-6,25H,7-12H2,1-2H3. The molecule has 30 heavy (non-hydrogen) atoms. The molecule has 2 aromatic rings. The van der Waals surface area contributed by atoms with Crippen LogP contribution in [0.5, 0.6) is 5.75 Å². The molecule has 0 atom stereocenters. The van der Waals surface area contributed by atoms with Crippen molar-refractivity contribution in [3.8, 4) is 5.75 Å². The normalized spacial score (nSPS) is 16.3. The number of amides is 3. The summed E-state index contributed by atoms with van der Waals surface area (Å²) in [5, 5.41) is 9.99. The summed E-state index contributed by atoms with van der Waals surface area (Å²) < 4.78 is 5.15. The molecule has 1 aromatic carbocycles. The summed E-state index contributed by atoms with van der Waals surface area (Å²) in [6, 6.07) is 6.98. The molecule has 0 spiro atoms. The second kappa shape index (κ2) is 8.08. The van der Waals surface area contributed by atoms with E-state index in [0.29, 0.717) is 41.4 Å². The minimum absolute atomic E-state index is 0.0168. The van der Waals surface area contributed by atoms with Crippen LogP contribution in [0.15, 0.2) is 24.3 Å². The summed E-state index contributed by atoms with van der Waals surface area (Å²) in [7, 11) is 3.19. The lowest BCUT2D eigenvalue weighted by atomic mass is 10.0. The third-order valence-electron chi connectivity index (χ3n) is 5.47. The first-order valence-corrected chi connectivity index (χ1v) is 10.5. The van der Waals surface area contributed by atoms with Gasteiger partial charge in [-0.1, -0.05) is 0 Å². The number of hydrogen-bond donors (Lipinski definition) is 1. The van der Waals surface area contributed by atoms with Crippen LogP contribution in [-0.2, 0) is 17.8 Å². The lowest BCUT2D eigenvalue weighted by Crippen LogP contribution is -2.39. The minimum Gasteiger partial charge on any atom is -0.497 e. The highest BCUT2D eigenvalue weighted by atomic mass is 32.1. The number of aliphatic hydroxyl groups excluding tert-OH is 1. The number of thiophene rings is 1. The molecule has 0 aliphatic carbocycles. The van der Waals surface area contributed by atoms with Crippen molar-refractivity contribution in [1.29, 1.82) is 0 Å². The summed E-state index contributed by atoms with van der Waals surface area (Å²) >= 11 is 1.36. The molecule has 2 aliphatic rings. The molecule has 1 N–H and O–H groups in total. The maximum atomic E-state index is 13.0. The molecule has 8 nitrogen and oxygen atoms in total. The van der Waals surface area contributed by atoms with Crippen LogP contribution in [-0.4, -0.2) is 73.0 Å². The number of ether oxygens (including phenoxy) is 1. The highest BCUT2D eigenvalue weighted by molar-refractivity contribution is 7.17. The molecular weight excluding hydrogens is 406 g/mol. The predicted octanol–water partition coefficient (Wildman–Crippen LogP) is 1.37. The second-order valence-electron chi connectivity index (χ2n) is 7.32. The molecule has 2 aliphatic heterocycles. The van der Waals surface area contributed by atoms with Crippen molar-refractivity contribution in [1.82, 2.24) is 9.80 Å². The highest BCUT2D eigenvalue weighted by Crippen LogP contribution is 2.41. The van der Waals surface area contributed by atoms with E-state index in [1.807, 2.05) is 0 Å². The summed E-state index contributed by atoms with van der Waals surface area (Å²) in [4.78, 5) is 44.1. The molecular formula is C21H23N3O5S. The molecule has 3 heterocycles. The van der Waals surface area contributed by atoms with Gasteiger partial charge in [-0.05, 0) is 36.2 Å². The van der Waals surface area contributed by atoms with E-state index in [-0.39, 0.29) is 37.4 Å². The summed E-state index contributed by atoms with van der Waals surface area (Å²) in [5.41, 5.74) is 2.02. The van der Waals surface area contributed by atoms with Gasteiger partial charge >= 0.3 is 0 Å². The van der Waals surface area contributed by atoms with Crippen LogP contribution in [0.3, 0.4) is 0 Å². The van der Waals surface area contributed by atoms with E-state index in [0.717, 1.165) is 10.4 Å². The monoisotopic (exact) mass is 429 g/mol. The Balaban J connectivity index is 1.66. The molecule has 0 radical (unpaired) electrons. The van der Waals surface area contributed by atoms with Crippen molar-refractivity contribution in [3.05, 3.63) is 45.8 Å². The number of carbonyl (C=O) groups is 3. The van der Waals surface area contributed by atoms with Gasteiger partial charge in [-0.2, -0.15) is 0 Å². The zero-order valence-electron chi connectivity index (χ0n) is 16.9. The van der Waals surface area contributed by atoms with E-state index in [4.69, 9.17) is 4.74 Å². The number of hydrogen-bond acceptors (Lipinski definition) is 6. The Morgan fingerprint density at radius 3 is 2.60 bits per heavy atom. The average molecular weight is 429 g/mol. The van der Waals surface area contributed by atoms with Crippen LogP contribution in [0.1, 0.15) is 31.2 Å². The molecule has 3 amide bonds. The van der Waals surface area contributed by atoms with Gasteiger partial charge in [-0.15, -0.1) is 11.3 Å². The number of methoxy groups -OCH3 is 1. The van der Waals surface area contributed by atoms with Crippen LogP contribution < -0.4 is 9.64 Å². The largest absolute Gasteiger partial charge is 0.497 e. The maximum absolute atomic E-state index is 13.0. The molecule has 1 aromatic heterocycles. The van der Waals surface area contributed by atoms with Crippen LogP contribution in [0, 0.1) is 0 Å². The summed E-state index contributed by atoms with van der Waals surface area (Å²) in [5.74, 6) is 0.194. The Hall–Kier alpha value is -2.91. The molecule has 0 saturated heterocycles. The molecule has 158 valence electrons. The van der Waals surface area contributed by atoms with Crippen molar-refractivity contribution in [3.63, 3.8) is 0 Å². The third-order valence-corrected chi connectivity index (χ3v) is 6.71. The second-order valence-corrected chi connectivity index (χ2v) is 8.40. The maximum Gasteiger partial charge on any atom is 0.257 e. The summed E-state index contributed by atoms with van der Waals surface area (Å²) in [6.07, 6.45) is 0.545. The van der Waals surface area contributed by atoms with Crippen LogP contribution in [0.25, 0.3) is 0 Å². The van der Waals surface area contributed by atoms with Crippen LogP contribution in [0.2, 0.25) is 0 Å². The zero-order chi connectivity index (χ0) is 21.4.